The zero-order chi connectivity index (χ0) is 26.9. The molecule has 0 saturated heterocycles. The lowest BCUT2D eigenvalue weighted by molar-refractivity contribution is -0.384. The molecule has 1 heterocycles. The molecule has 0 radical (unpaired) electrons. The Balaban J connectivity index is 1.55. The van der Waals surface area contributed by atoms with Crippen LogP contribution >= 0.6 is 11.8 Å². The van der Waals surface area contributed by atoms with Crippen molar-refractivity contribution in [2.75, 3.05) is 18.7 Å². The minimum absolute atomic E-state index is 0.0323. The summed E-state index contributed by atoms with van der Waals surface area (Å²) in [5, 5.41) is 27.3. The van der Waals surface area contributed by atoms with Gasteiger partial charge in [0.05, 0.1) is 16.6 Å². The van der Waals surface area contributed by atoms with Gasteiger partial charge in [-0.25, -0.2) is 0 Å². The highest BCUT2D eigenvalue weighted by atomic mass is 32.2. The number of nitrogens with zero attached hydrogens (tertiary/aromatic N) is 2. The smallest absolute Gasteiger partial charge is 0.269 e. The van der Waals surface area contributed by atoms with Gasteiger partial charge in [0, 0.05) is 30.1 Å². The van der Waals surface area contributed by atoms with Gasteiger partial charge in [0.25, 0.3) is 11.6 Å². The van der Waals surface area contributed by atoms with E-state index in [2.05, 4.69) is 10.6 Å². The maximum absolute atomic E-state index is 13.1. The number of carbonyl (C=O) groups excluding carboxylic acids is 1. The lowest BCUT2D eigenvalue weighted by Gasteiger charge is -2.14. The van der Waals surface area contributed by atoms with E-state index >= 15 is 0 Å². The molecule has 194 valence electrons. The highest BCUT2D eigenvalue weighted by Crippen LogP contribution is 2.33. The van der Waals surface area contributed by atoms with Crippen molar-refractivity contribution in [3.63, 3.8) is 0 Å². The fraction of sp³-hybridized carbons (Fsp3) is 0.185. The molecule has 1 aliphatic rings. The number of hydrogen-bond donors (Lipinski definition) is 2. The Hall–Kier alpha value is -4.69. The summed E-state index contributed by atoms with van der Waals surface area (Å²) in [6, 6.07) is 20.7. The van der Waals surface area contributed by atoms with E-state index in [0.717, 1.165) is 5.56 Å². The number of nitriles is 1. The third-order valence-electron chi connectivity index (χ3n) is 5.38. The second-order valence-electron chi connectivity index (χ2n) is 7.98. The van der Waals surface area contributed by atoms with Crippen LogP contribution in [0.3, 0.4) is 0 Å². The Bertz CT molecular complexity index is 1400. The third kappa shape index (κ3) is 6.74. The van der Waals surface area contributed by atoms with Crippen molar-refractivity contribution < 1.29 is 23.9 Å². The van der Waals surface area contributed by atoms with Crippen LogP contribution in [0.4, 0.5) is 11.4 Å². The Morgan fingerprint density at radius 3 is 2.63 bits per heavy atom. The molecule has 0 aliphatic carbocycles. The molecule has 0 spiro atoms. The molecule has 1 amide bonds. The quantitative estimate of drug-likeness (QED) is 0.149. The van der Waals surface area contributed by atoms with Crippen LogP contribution in [0.25, 0.3) is 0 Å². The minimum Gasteiger partial charge on any atom is -0.494 e. The maximum atomic E-state index is 13.1. The van der Waals surface area contributed by atoms with Crippen molar-refractivity contribution in [3.05, 3.63) is 98.6 Å². The van der Waals surface area contributed by atoms with Crippen LogP contribution in [0, 0.1) is 21.4 Å². The van der Waals surface area contributed by atoms with Gasteiger partial charge < -0.3 is 24.8 Å². The summed E-state index contributed by atoms with van der Waals surface area (Å²) in [7, 11) is 0. The predicted octanol–water partition coefficient (Wildman–Crippen LogP) is 5.12. The fourth-order valence-corrected chi connectivity index (χ4v) is 4.51. The molecule has 1 aliphatic heterocycles. The molecule has 2 N–H and O–H groups in total. The SMILES string of the molecule is CCOc1ccc(NC(SCc2cccc([N+](=O)[O-])c2)=C(C#N)C(=O)NCc2ccc3c(c2)OCO3)cc1. The molecule has 3 aromatic rings. The lowest BCUT2D eigenvalue weighted by Crippen LogP contribution is -2.25. The molecular formula is C27H24N4O6S. The van der Waals surface area contributed by atoms with E-state index < -0.39 is 10.8 Å². The van der Waals surface area contributed by atoms with Crippen molar-refractivity contribution in [2.45, 2.75) is 19.2 Å². The number of amides is 1. The van der Waals surface area contributed by atoms with Crippen molar-refractivity contribution in [2.24, 2.45) is 0 Å². The minimum atomic E-state index is -0.565. The van der Waals surface area contributed by atoms with Gasteiger partial charge in [0.2, 0.25) is 6.79 Å². The number of ether oxygens (including phenoxy) is 3. The van der Waals surface area contributed by atoms with Gasteiger partial charge in [-0.1, -0.05) is 18.2 Å². The second-order valence-corrected chi connectivity index (χ2v) is 8.97. The first-order valence-electron chi connectivity index (χ1n) is 11.6. The number of benzene rings is 3. The van der Waals surface area contributed by atoms with Crippen molar-refractivity contribution in [1.29, 1.82) is 5.26 Å². The first kappa shape index (κ1) is 26.4. The predicted molar refractivity (Wildman–Crippen MR) is 143 cm³/mol. The summed E-state index contributed by atoms with van der Waals surface area (Å²) in [6.07, 6.45) is 0. The van der Waals surface area contributed by atoms with E-state index in [-0.39, 0.29) is 24.6 Å². The van der Waals surface area contributed by atoms with Gasteiger partial charge >= 0.3 is 0 Å². The van der Waals surface area contributed by atoms with E-state index in [4.69, 9.17) is 14.2 Å². The standard InChI is InChI=1S/C27H24N4O6S/c1-2-35-22-9-7-20(8-10-22)30-27(38-16-19-4-3-5-21(12-19)31(33)34)23(14-28)26(32)29-15-18-6-11-24-25(13-18)37-17-36-24/h3-13,30H,2,15-17H2,1H3,(H,29,32). The Morgan fingerprint density at radius 2 is 1.89 bits per heavy atom. The maximum Gasteiger partial charge on any atom is 0.269 e. The average molecular weight is 533 g/mol. The van der Waals surface area contributed by atoms with Crippen molar-refractivity contribution in [3.8, 4) is 23.3 Å². The molecule has 38 heavy (non-hydrogen) atoms. The molecule has 10 nitrogen and oxygen atoms in total. The number of nitrogens with one attached hydrogen (secondary N) is 2. The summed E-state index contributed by atoms with van der Waals surface area (Å²) in [5.41, 5.74) is 1.95. The van der Waals surface area contributed by atoms with Crippen molar-refractivity contribution >= 4 is 29.0 Å². The first-order chi connectivity index (χ1) is 18.5. The molecule has 0 unspecified atom stereocenters. The number of nitro groups is 1. The Labute approximate surface area is 223 Å². The highest BCUT2D eigenvalue weighted by molar-refractivity contribution is 8.02. The summed E-state index contributed by atoms with van der Waals surface area (Å²) >= 11 is 1.20. The van der Waals surface area contributed by atoms with Crippen LogP contribution in [-0.2, 0) is 17.1 Å². The number of fused-ring (bicyclic) bond motifs is 1. The molecule has 0 aromatic heterocycles. The molecule has 0 fully saturated rings. The summed E-state index contributed by atoms with van der Waals surface area (Å²) in [6.45, 7) is 2.74. The van der Waals surface area contributed by atoms with E-state index in [1.807, 2.05) is 13.0 Å². The molecular weight excluding hydrogens is 508 g/mol. The molecule has 11 heteroatoms. The van der Waals surface area contributed by atoms with Crippen LogP contribution in [0.5, 0.6) is 17.2 Å². The molecule has 0 saturated carbocycles. The van der Waals surface area contributed by atoms with Gasteiger partial charge in [0.1, 0.15) is 17.4 Å². The van der Waals surface area contributed by atoms with Gasteiger partial charge in [-0.15, -0.1) is 11.8 Å². The Kier molecular flexibility index (Phi) is 8.69. The third-order valence-corrected chi connectivity index (χ3v) is 6.46. The number of hydrogen-bond acceptors (Lipinski definition) is 9. The van der Waals surface area contributed by atoms with Crippen LogP contribution in [0.2, 0.25) is 0 Å². The van der Waals surface area contributed by atoms with E-state index in [9.17, 15) is 20.2 Å². The van der Waals surface area contributed by atoms with E-state index in [0.29, 0.717) is 45.9 Å². The average Bonchev–Trinajstić information content (AvgIpc) is 3.40. The van der Waals surface area contributed by atoms with Crippen molar-refractivity contribution in [1.82, 2.24) is 5.32 Å². The topological polar surface area (TPSA) is 136 Å². The van der Waals surface area contributed by atoms with Crippen LogP contribution in [0.1, 0.15) is 18.1 Å². The molecule has 4 rings (SSSR count). The lowest BCUT2D eigenvalue weighted by atomic mass is 10.2. The molecule has 0 atom stereocenters. The zero-order valence-electron chi connectivity index (χ0n) is 20.4. The zero-order valence-corrected chi connectivity index (χ0v) is 21.2. The van der Waals surface area contributed by atoms with Gasteiger partial charge in [0.15, 0.2) is 11.5 Å². The van der Waals surface area contributed by atoms with Crippen LogP contribution in [0.15, 0.2) is 77.3 Å². The Morgan fingerprint density at radius 1 is 1.11 bits per heavy atom. The van der Waals surface area contributed by atoms with Crippen LogP contribution < -0.4 is 24.8 Å². The van der Waals surface area contributed by atoms with Gasteiger partial charge in [-0.2, -0.15) is 5.26 Å². The fourth-order valence-electron chi connectivity index (χ4n) is 3.54. The number of nitro benzene ring substituents is 1. The van der Waals surface area contributed by atoms with E-state index in [1.165, 1.54) is 23.9 Å². The largest absolute Gasteiger partial charge is 0.494 e. The van der Waals surface area contributed by atoms with E-state index in [1.54, 1.807) is 54.6 Å². The second kappa shape index (κ2) is 12.5. The number of thioether (sulfide) groups is 1. The molecule has 0 bridgehead atoms. The van der Waals surface area contributed by atoms with Crippen LogP contribution in [-0.4, -0.2) is 24.2 Å². The van der Waals surface area contributed by atoms with Gasteiger partial charge in [-0.3, -0.25) is 14.9 Å². The number of rotatable bonds is 11. The normalized spacial score (nSPS) is 12.2. The summed E-state index contributed by atoms with van der Waals surface area (Å²) in [4.78, 5) is 23.8. The monoisotopic (exact) mass is 532 g/mol. The first-order valence-corrected chi connectivity index (χ1v) is 12.6. The number of carbonyl (C=O) groups is 1. The summed E-state index contributed by atoms with van der Waals surface area (Å²) in [5.74, 6) is 1.65. The number of anilines is 1. The summed E-state index contributed by atoms with van der Waals surface area (Å²) < 4.78 is 16.2. The number of non-ortho nitro benzene ring substituents is 1. The van der Waals surface area contributed by atoms with Gasteiger partial charge in [-0.05, 0) is 54.4 Å². The highest BCUT2D eigenvalue weighted by Gasteiger charge is 2.19. The molecule has 3 aromatic carbocycles.